The first-order valence-electron chi connectivity index (χ1n) is 8.41. The Balaban J connectivity index is 1.60. The Labute approximate surface area is 155 Å². The third kappa shape index (κ3) is 3.48. The number of rotatable bonds is 5. The molecule has 136 valence electrons. The number of furan rings is 1. The molecule has 2 aromatic rings. The highest BCUT2D eigenvalue weighted by molar-refractivity contribution is 5.98. The molecule has 0 aromatic carbocycles. The molecule has 2 aliphatic rings. The molecule has 0 fully saturated rings. The van der Waals surface area contributed by atoms with E-state index >= 15 is 0 Å². The highest BCUT2D eigenvalue weighted by Gasteiger charge is 2.21. The number of hydrogen-bond donors (Lipinski definition) is 3. The molecule has 7 heteroatoms. The van der Waals surface area contributed by atoms with Gasteiger partial charge in [0.05, 0.1) is 30.4 Å². The van der Waals surface area contributed by atoms with Crippen molar-refractivity contribution >= 4 is 17.5 Å². The van der Waals surface area contributed by atoms with Gasteiger partial charge in [-0.3, -0.25) is 4.79 Å². The first-order valence-corrected chi connectivity index (χ1v) is 8.41. The Kier molecular flexibility index (Phi) is 4.25. The zero-order valence-corrected chi connectivity index (χ0v) is 14.4. The van der Waals surface area contributed by atoms with E-state index in [0.29, 0.717) is 12.2 Å². The molecule has 1 aliphatic heterocycles. The van der Waals surface area contributed by atoms with Gasteiger partial charge in [0.1, 0.15) is 17.4 Å². The largest absolute Gasteiger partial charge is 0.472 e. The third-order valence-corrected chi connectivity index (χ3v) is 4.36. The summed E-state index contributed by atoms with van der Waals surface area (Å²) in [7, 11) is 0. The molecular formula is C20H18N4O3. The highest BCUT2D eigenvalue weighted by Crippen LogP contribution is 2.29. The van der Waals surface area contributed by atoms with Crippen molar-refractivity contribution < 1.29 is 13.6 Å². The number of anilines is 2. The molecule has 0 saturated heterocycles. The molecule has 1 amide bonds. The molecule has 2 aromatic heterocycles. The number of fused-ring (bicyclic) bond motifs is 1. The summed E-state index contributed by atoms with van der Waals surface area (Å²) >= 11 is 0. The molecule has 0 saturated carbocycles. The summed E-state index contributed by atoms with van der Waals surface area (Å²) in [6, 6.07) is 12.3. The fourth-order valence-corrected chi connectivity index (χ4v) is 3.06. The minimum Gasteiger partial charge on any atom is -0.472 e. The predicted octanol–water partition coefficient (Wildman–Crippen LogP) is 3.25. The van der Waals surface area contributed by atoms with Crippen LogP contribution in [0.25, 0.3) is 11.1 Å². The number of aromatic nitrogens is 1. The van der Waals surface area contributed by atoms with E-state index in [9.17, 15) is 4.79 Å². The Hall–Kier alpha value is -3.74. The lowest BCUT2D eigenvalue weighted by Crippen LogP contribution is -2.30. The lowest BCUT2D eigenvalue weighted by Gasteiger charge is -2.17. The van der Waals surface area contributed by atoms with Crippen molar-refractivity contribution in [3.8, 4) is 11.1 Å². The van der Waals surface area contributed by atoms with E-state index < -0.39 is 0 Å². The second-order valence-corrected chi connectivity index (χ2v) is 6.25. The number of carbonyl (C=O) groups is 1. The van der Waals surface area contributed by atoms with Gasteiger partial charge < -0.3 is 25.6 Å². The Morgan fingerprint density at radius 1 is 1.11 bits per heavy atom. The van der Waals surface area contributed by atoms with Crippen LogP contribution in [0, 0.1) is 0 Å². The minimum absolute atomic E-state index is 0.0892. The SMILES string of the molecule is Nc1ccc(C(=O)NC(Cc2cc3ccocc-3c2)c2ccco2)c(N)n1. The van der Waals surface area contributed by atoms with Crippen LogP contribution in [0.3, 0.4) is 0 Å². The molecule has 1 aliphatic carbocycles. The number of hydrogen-bond acceptors (Lipinski definition) is 6. The van der Waals surface area contributed by atoms with Crippen molar-refractivity contribution in [2.24, 2.45) is 0 Å². The van der Waals surface area contributed by atoms with Gasteiger partial charge in [0.2, 0.25) is 0 Å². The van der Waals surface area contributed by atoms with Crippen LogP contribution >= 0.6 is 0 Å². The van der Waals surface area contributed by atoms with E-state index in [-0.39, 0.29) is 29.1 Å². The number of carbonyl (C=O) groups excluding carboxylic acids is 1. The van der Waals surface area contributed by atoms with E-state index in [1.54, 1.807) is 37.0 Å². The molecule has 4 rings (SSSR count). The first-order chi connectivity index (χ1) is 13.1. The maximum absolute atomic E-state index is 12.7. The quantitative estimate of drug-likeness (QED) is 0.501. The van der Waals surface area contributed by atoms with Gasteiger partial charge in [-0.1, -0.05) is 6.07 Å². The monoisotopic (exact) mass is 362 g/mol. The van der Waals surface area contributed by atoms with Crippen LogP contribution in [0.4, 0.5) is 11.6 Å². The van der Waals surface area contributed by atoms with Crippen LogP contribution in [0.2, 0.25) is 0 Å². The van der Waals surface area contributed by atoms with E-state index in [1.807, 2.05) is 18.2 Å². The Bertz CT molecular complexity index is 1010. The Morgan fingerprint density at radius 2 is 1.96 bits per heavy atom. The van der Waals surface area contributed by atoms with Crippen LogP contribution in [0.5, 0.6) is 0 Å². The van der Waals surface area contributed by atoms with Crippen molar-refractivity contribution in [1.29, 1.82) is 0 Å². The van der Waals surface area contributed by atoms with Crippen molar-refractivity contribution in [2.45, 2.75) is 12.5 Å². The summed E-state index contributed by atoms with van der Waals surface area (Å²) in [5.74, 6) is 0.666. The van der Waals surface area contributed by atoms with Gasteiger partial charge in [0.25, 0.3) is 5.91 Å². The van der Waals surface area contributed by atoms with Gasteiger partial charge in [-0.15, -0.1) is 0 Å². The topological polar surface area (TPSA) is 120 Å². The average molecular weight is 362 g/mol. The van der Waals surface area contributed by atoms with Crippen LogP contribution in [0.1, 0.15) is 27.7 Å². The number of pyridine rings is 1. The summed E-state index contributed by atoms with van der Waals surface area (Å²) < 4.78 is 10.7. The molecule has 1 unspecified atom stereocenters. The van der Waals surface area contributed by atoms with Crippen molar-refractivity contribution in [2.75, 3.05) is 11.5 Å². The van der Waals surface area contributed by atoms with Crippen LogP contribution in [-0.2, 0) is 6.42 Å². The molecule has 27 heavy (non-hydrogen) atoms. The van der Waals surface area contributed by atoms with Crippen molar-refractivity contribution in [1.82, 2.24) is 10.3 Å². The maximum Gasteiger partial charge on any atom is 0.255 e. The predicted molar refractivity (Wildman–Crippen MR) is 101 cm³/mol. The standard InChI is InChI=1S/C20H18N4O3/c21-18-4-3-15(19(22)24-18)20(25)23-16(17-2-1-6-27-17)10-12-8-13-5-7-26-11-14(13)9-12/h1-9,11,16H,10H2,(H,23,25)(H4,21,22,24). The zero-order valence-electron chi connectivity index (χ0n) is 14.4. The molecular weight excluding hydrogens is 344 g/mol. The summed E-state index contributed by atoms with van der Waals surface area (Å²) in [5, 5.41) is 2.97. The first kappa shape index (κ1) is 16.7. The van der Waals surface area contributed by atoms with E-state index in [4.69, 9.17) is 20.3 Å². The second kappa shape index (κ2) is 6.87. The number of nitrogens with zero attached hydrogens (tertiary/aromatic N) is 1. The number of nitrogens with two attached hydrogens (primary N) is 2. The molecule has 7 nitrogen and oxygen atoms in total. The molecule has 3 heterocycles. The Morgan fingerprint density at radius 3 is 2.70 bits per heavy atom. The summed E-state index contributed by atoms with van der Waals surface area (Å²) in [5.41, 5.74) is 14.8. The van der Waals surface area contributed by atoms with Crippen LogP contribution in [0.15, 0.2) is 70.1 Å². The van der Waals surface area contributed by atoms with E-state index in [1.165, 1.54) is 0 Å². The molecule has 0 spiro atoms. The summed E-state index contributed by atoms with van der Waals surface area (Å²) in [4.78, 5) is 16.7. The molecule has 5 N–H and O–H groups in total. The molecule has 0 bridgehead atoms. The lowest BCUT2D eigenvalue weighted by atomic mass is 10.1. The number of nitrogens with one attached hydrogen (secondary N) is 1. The van der Waals surface area contributed by atoms with Crippen molar-refractivity contribution in [3.63, 3.8) is 0 Å². The van der Waals surface area contributed by atoms with Crippen LogP contribution in [-0.4, -0.2) is 10.9 Å². The van der Waals surface area contributed by atoms with Gasteiger partial charge in [0, 0.05) is 5.56 Å². The normalized spacial score (nSPS) is 12.1. The maximum atomic E-state index is 12.7. The molecule has 1 atom stereocenters. The number of nitrogen functional groups attached to an aromatic ring is 2. The fourth-order valence-electron chi connectivity index (χ4n) is 3.06. The van der Waals surface area contributed by atoms with Gasteiger partial charge in [0.15, 0.2) is 0 Å². The number of amides is 1. The lowest BCUT2D eigenvalue weighted by molar-refractivity contribution is 0.0932. The van der Waals surface area contributed by atoms with Gasteiger partial charge >= 0.3 is 0 Å². The van der Waals surface area contributed by atoms with Gasteiger partial charge in [-0.25, -0.2) is 4.98 Å². The minimum atomic E-state index is -0.363. The summed E-state index contributed by atoms with van der Waals surface area (Å²) in [6.07, 6.45) is 5.46. The third-order valence-electron chi connectivity index (χ3n) is 4.36. The highest BCUT2D eigenvalue weighted by atomic mass is 16.3. The molecule has 0 radical (unpaired) electrons. The second-order valence-electron chi connectivity index (χ2n) is 6.25. The van der Waals surface area contributed by atoms with E-state index in [2.05, 4.69) is 16.4 Å². The van der Waals surface area contributed by atoms with Gasteiger partial charge in [-0.2, -0.15) is 0 Å². The smallest absolute Gasteiger partial charge is 0.255 e. The van der Waals surface area contributed by atoms with E-state index in [0.717, 1.165) is 16.7 Å². The zero-order chi connectivity index (χ0) is 18.8. The fraction of sp³-hybridized carbons (Fsp3) is 0.100. The van der Waals surface area contributed by atoms with Crippen molar-refractivity contribution in [3.05, 3.63) is 78.1 Å². The van der Waals surface area contributed by atoms with Gasteiger partial charge in [-0.05, 0) is 53.9 Å². The van der Waals surface area contributed by atoms with Crippen LogP contribution < -0.4 is 16.8 Å². The average Bonchev–Trinajstić information content (AvgIpc) is 3.30. The summed E-state index contributed by atoms with van der Waals surface area (Å²) in [6.45, 7) is 0.